The van der Waals surface area contributed by atoms with E-state index in [2.05, 4.69) is 26.0 Å². The fraction of sp³-hybridized carbons (Fsp3) is 0.889. The molecule has 2 unspecified atom stereocenters. The quantitative estimate of drug-likeness (QED) is 0.0629. The normalized spacial score (nSPS) is 13.2. The summed E-state index contributed by atoms with van der Waals surface area (Å²) in [6.07, 6.45) is 38.3. The van der Waals surface area contributed by atoms with Crippen molar-refractivity contribution in [3.63, 3.8) is 0 Å². The van der Waals surface area contributed by atoms with Crippen LogP contribution < -0.4 is 0 Å². The van der Waals surface area contributed by atoms with Crippen molar-refractivity contribution in [1.82, 2.24) is 0 Å². The van der Waals surface area contributed by atoms with Gasteiger partial charge in [0.25, 0.3) is 0 Å². The number of unbranched alkanes of at least 4 members (excludes halogenated alkanes) is 19. The first-order valence-electron chi connectivity index (χ1n) is 17.6. The third-order valence-corrected chi connectivity index (χ3v) is 8.54. The van der Waals surface area contributed by atoms with Crippen LogP contribution in [-0.4, -0.2) is 22.2 Å². The maximum absolute atomic E-state index is 10.7. The molecular formula is C36H68O4. The van der Waals surface area contributed by atoms with Crippen molar-refractivity contribution in [1.29, 1.82) is 0 Å². The zero-order valence-corrected chi connectivity index (χ0v) is 26.8. The van der Waals surface area contributed by atoms with Crippen LogP contribution in [0.15, 0.2) is 12.2 Å². The van der Waals surface area contributed by atoms with E-state index in [9.17, 15) is 9.59 Å². The fourth-order valence-electron chi connectivity index (χ4n) is 5.96. The van der Waals surface area contributed by atoms with E-state index in [1.54, 1.807) is 0 Å². The molecule has 0 aliphatic rings. The van der Waals surface area contributed by atoms with Gasteiger partial charge in [0.05, 0.1) is 0 Å². The summed E-state index contributed by atoms with van der Waals surface area (Å²) in [6, 6.07) is 0. The van der Waals surface area contributed by atoms with Crippen molar-refractivity contribution in [3.05, 3.63) is 12.2 Å². The minimum atomic E-state index is -0.664. The highest BCUT2D eigenvalue weighted by molar-refractivity contribution is 5.66. The van der Waals surface area contributed by atoms with Crippen LogP contribution in [0.3, 0.4) is 0 Å². The lowest BCUT2D eigenvalue weighted by Crippen LogP contribution is -2.14. The number of carboxylic acids is 2. The Balaban J connectivity index is 4.60. The molecule has 0 aliphatic carbocycles. The molecule has 0 aliphatic heterocycles. The first-order valence-corrected chi connectivity index (χ1v) is 17.6. The van der Waals surface area contributed by atoms with Gasteiger partial charge in [0.1, 0.15) is 0 Å². The molecule has 4 heteroatoms. The summed E-state index contributed by atoms with van der Waals surface area (Å²) in [7, 11) is 0. The third-order valence-electron chi connectivity index (χ3n) is 8.54. The van der Waals surface area contributed by atoms with E-state index in [1.165, 1.54) is 141 Å². The van der Waals surface area contributed by atoms with E-state index in [0.29, 0.717) is 12.8 Å². The van der Waals surface area contributed by atoms with E-state index in [-0.39, 0.29) is 0 Å². The molecule has 0 radical (unpaired) electrons. The van der Waals surface area contributed by atoms with E-state index >= 15 is 0 Å². The standard InChI is InChI=1S/C36H68O4/c1-3-5-7-16-22-28-34(30-24-18-13-11-15-20-26-32-36(39)40)33(27-21-8-6-4-2)29-23-17-12-9-10-14-19-25-31-35(37)38/h22,28,33-34H,3-21,23-27,29-32H2,1-2H3,(H,37,38)(H,39,40)/b28-22+. The molecule has 2 atom stereocenters. The van der Waals surface area contributed by atoms with Crippen molar-refractivity contribution in [2.24, 2.45) is 11.8 Å². The van der Waals surface area contributed by atoms with Crippen LogP contribution >= 0.6 is 0 Å². The molecule has 2 N–H and O–H groups in total. The number of hydrogen-bond acceptors (Lipinski definition) is 2. The second-order valence-corrected chi connectivity index (χ2v) is 12.4. The first kappa shape index (κ1) is 38.7. The zero-order chi connectivity index (χ0) is 29.5. The lowest BCUT2D eigenvalue weighted by molar-refractivity contribution is -0.138. The summed E-state index contributed by atoms with van der Waals surface area (Å²) >= 11 is 0. The summed E-state index contributed by atoms with van der Waals surface area (Å²) < 4.78 is 0. The third kappa shape index (κ3) is 28.2. The fourth-order valence-corrected chi connectivity index (χ4v) is 5.96. The lowest BCUT2D eigenvalue weighted by Gasteiger charge is -2.25. The molecule has 0 aromatic carbocycles. The molecule has 40 heavy (non-hydrogen) atoms. The Hall–Kier alpha value is -1.32. The first-order chi connectivity index (χ1) is 19.5. The van der Waals surface area contributed by atoms with E-state index in [1.807, 2.05) is 0 Å². The lowest BCUT2D eigenvalue weighted by atomic mass is 9.80. The van der Waals surface area contributed by atoms with Gasteiger partial charge in [-0.15, -0.1) is 0 Å². The van der Waals surface area contributed by atoms with Crippen LogP contribution in [0.5, 0.6) is 0 Å². The summed E-state index contributed by atoms with van der Waals surface area (Å²) in [5.41, 5.74) is 0. The Morgan fingerprint density at radius 1 is 0.500 bits per heavy atom. The molecule has 0 saturated heterocycles. The van der Waals surface area contributed by atoms with Gasteiger partial charge in [0, 0.05) is 12.8 Å². The molecule has 0 bridgehead atoms. The molecule has 0 aromatic rings. The number of allylic oxidation sites excluding steroid dienone is 2. The molecule has 0 aromatic heterocycles. The molecule has 4 nitrogen and oxygen atoms in total. The largest absolute Gasteiger partial charge is 0.481 e. The zero-order valence-electron chi connectivity index (χ0n) is 26.8. The number of hydrogen-bond donors (Lipinski definition) is 2. The smallest absolute Gasteiger partial charge is 0.303 e. The van der Waals surface area contributed by atoms with Gasteiger partial charge in [-0.2, -0.15) is 0 Å². The summed E-state index contributed by atoms with van der Waals surface area (Å²) in [4.78, 5) is 21.3. The SMILES string of the molecule is CCCCC/C=C/C(CCCCCCCCCC(=O)O)C(CCCCCC)CCCCCCCCCCC(=O)O. The minimum Gasteiger partial charge on any atom is -0.481 e. The maximum Gasteiger partial charge on any atom is 0.303 e. The summed E-state index contributed by atoms with van der Waals surface area (Å²) in [5, 5.41) is 17.6. The molecule has 0 spiro atoms. The van der Waals surface area contributed by atoms with Crippen molar-refractivity contribution in [3.8, 4) is 0 Å². The highest BCUT2D eigenvalue weighted by Gasteiger charge is 2.18. The van der Waals surface area contributed by atoms with Crippen LogP contribution in [0.4, 0.5) is 0 Å². The average molecular weight is 565 g/mol. The van der Waals surface area contributed by atoms with Crippen LogP contribution in [0.25, 0.3) is 0 Å². The summed E-state index contributed by atoms with van der Waals surface area (Å²) in [5.74, 6) is 0.227. The van der Waals surface area contributed by atoms with Gasteiger partial charge in [0.2, 0.25) is 0 Å². The van der Waals surface area contributed by atoms with Crippen LogP contribution in [0, 0.1) is 11.8 Å². The molecular weight excluding hydrogens is 496 g/mol. The van der Waals surface area contributed by atoms with Gasteiger partial charge < -0.3 is 10.2 Å². The van der Waals surface area contributed by atoms with Crippen LogP contribution in [-0.2, 0) is 9.59 Å². The van der Waals surface area contributed by atoms with Gasteiger partial charge in [-0.1, -0.05) is 148 Å². The van der Waals surface area contributed by atoms with Gasteiger partial charge in [-0.3, -0.25) is 9.59 Å². The van der Waals surface area contributed by atoms with Crippen molar-refractivity contribution >= 4 is 11.9 Å². The number of rotatable bonds is 32. The number of aliphatic carboxylic acids is 2. The molecule has 0 heterocycles. The Morgan fingerprint density at radius 2 is 0.875 bits per heavy atom. The minimum absolute atomic E-state index is 0.320. The van der Waals surface area contributed by atoms with Gasteiger partial charge in [-0.05, 0) is 56.8 Å². The Kier molecular flexibility index (Phi) is 29.6. The molecule has 0 rings (SSSR count). The second kappa shape index (κ2) is 30.6. The van der Waals surface area contributed by atoms with Gasteiger partial charge >= 0.3 is 11.9 Å². The second-order valence-electron chi connectivity index (χ2n) is 12.4. The van der Waals surface area contributed by atoms with E-state index < -0.39 is 11.9 Å². The van der Waals surface area contributed by atoms with Crippen molar-refractivity contribution in [2.75, 3.05) is 0 Å². The van der Waals surface area contributed by atoms with Crippen molar-refractivity contribution in [2.45, 2.75) is 194 Å². The van der Waals surface area contributed by atoms with Crippen molar-refractivity contribution < 1.29 is 19.8 Å². The highest BCUT2D eigenvalue weighted by Crippen LogP contribution is 2.31. The predicted molar refractivity (Wildman–Crippen MR) is 172 cm³/mol. The highest BCUT2D eigenvalue weighted by atomic mass is 16.4. The van der Waals surface area contributed by atoms with Crippen LogP contribution in [0.1, 0.15) is 194 Å². The maximum atomic E-state index is 10.7. The Labute approximate surface area is 249 Å². The summed E-state index contributed by atoms with van der Waals surface area (Å²) in [6.45, 7) is 4.59. The predicted octanol–water partition coefficient (Wildman–Crippen LogP) is 11.9. The monoisotopic (exact) mass is 565 g/mol. The van der Waals surface area contributed by atoms with Gasteiger partial charge in [0.15, 0.2) is 0 Å². The number of carbonyl (C=O) groups is 2. The Bertz CT molecular complexity index is 585. The number of carboxylic acid groups (broad SMARTS) is 2. The molecule has 0 saturated carbocycles. The Morgan fingerprint density at radius 3 is 1.32 bits per heavy atom. The molecule has 0 fully saturated rings. The van der Waals surface area contributed by atoms with Crippen LogP contribution in [0.2, 0.25) is 0 Å². The average Bonchev–Trinajstić information content (AvgIpc) is 2.92. The topological polar surface area (TPSA) is 74.6 Å². The molecule has 236 valence electrons. The molecule has 0 amide bonds. The van der Waals surface area contributed by atoms with E-state index in [4.69, 9.17) is 10.2 Å². The van der Waals surface area contributed by atoms with Gasteiger partial charge in [-0.25, -0.2) is 0 Å². The van der Waals surface area contributed by atoms with E-state index in [0.717, 1.165) is 37.5 Å².